The predicted octanol–water partition coefficient (Wildman–Crippen LogP) is 3.67. The summed E-state index contributed by atoms with van der Waals surface area (Å²) in [6, 6.07) is 5.85. The molecular weight excluding hydrogens is 305 g/mol. The fourth-order valence-electron chi connectivity index (χ4n) is 1.61. The second-order valence-corrected chi connectivity index (χ2v) is 5.66. The average molecular weight is 321 g/mol. The lowest BCUT2D eigenvalue weighted by molar-refractivity contribution is -0.247. The van der Waals surface area contributed by atoms with Gasteiger partial charge in [0.05, 0.1) is 34.4 Å². The smallest absolute Gasteiger partial charge is 0.162 e. The normalized spacial score (nSPS) is 20.2. The van der Waals surface area contributed by atoms with Gasteiger partial charge in [0, 0.05) is 0 Å². The molecule has 0 saturated carbocycles. The topological polar surface area (TPSA) is 30.5 Å². The van der Waals surface area contributed by atoms with E-state index in [1.54, 1.807) is 0 Å². The lowest BCUT2D eigenvalue weighted by atomic mass is 10.2. The van der Waals surface area contributed by atoms with E-state index in [2.05, 4.69) is 21.2 Å². The van der Waals surface area contributed by atoms with Gasteiger partial charge in [0.15, 0.2) is 5.79 Å². The van der Waals surface area contributed by atoms with Crippen molar-refractivity contribution < 1.29 is 9.47 Å². The summed E-state index contributed by atoms with van der Waals surface area (Å²) < 4.78 is 12.0. The summed E-state index contributed by atoms with van der Waals surface area (Å²) in [7, 11) is 0. The third kappa shape index (κ3) is 3.35. The van der Waals surface area contributed by atoms with Crippen LogP contribution in [0.4, 0.5) is 5.69 Å². The van der Waals surface area contributed by atoms with E-state index in [9.17, 15) is 0 Å². The molecule has 1 aromatic carbocycles. The molecule has 1 aromatic rings. The van der Waals surface area contributed by atoms with E-state index in [0.717, 1.165) is 10.2 Å². The van der Waals surface area contributed by atoms with Crippen molar-refractivity contribution in [3.63, 3.8) is 0 Å². The molecule has 0 bridgehead atoms. The van der Waals surface area contributed by atoms with Gasteiger partial charge in [0.1, 0.15) is 0 Å². The highest BCUT2D eigenvalue weighted by Gasteiger charge is 2.28. The van der Waals surface area contributed by atoms with Crippen molar-refractivity contribution in [1.29, 1.82) is 0 Å². The standard InChI is InChI=1S/C12H15BrClNO2/c1-12(2)16-6-8(7-17-12)15-10-5-3-4-9(14)11(10)13/h3-5,8,15H,6-7H2,1-2H3. The first-order chi connectivity index (χ1) is 7.98. The Kier molecular flexibility index (Phi) is 3.98. The Hall–Kier alpha value is -0.290. The van der Waals surface area contributed by atoms with Crippen molar-refractivity contribution in [3.8, 4) is 0 Å². The monoisotopic (exact) mass is 319 g/mol. The first kappa shape index (κ1) is 13.1. The van der Waals surface area contributed by atoms with Crippen LogP contribution in [0.5, 0.6) is 0 Å². The molecule has 3 nitrogen and oxygen atoms in total. The highest BCUT2D eigenvalue weighted by Crippen LogP contribution is 2.31. The molecule has 1 aliphatic rings. The number of hydrogen-bond donors (Lipinski definition) is 1. The van der Waals surface area contributed by atoms with Gasteiger partial charge < -0.3 is 14.8 Å². The molecule has 17 heavy (non-hydrogen) atoms. The maximum atomic E-state index is 6.03. The van der Waals surface area contributed by atoms with E-state index >= 15 is 0 Å². The molecule has 0 spiro atoms. The van der Waals surface area contributed by atoms with E-state index in [1.165, 1.54) is 0 Å². The predicted molar refractivity (Wildman–Crippen MR) is 72.5 cm³/mol. The zero-order chi connectivity index (χ0) is 12.5. The number of benzene rings is 1. The molecule has 94 valence electrons. The van der Waals surface area contributed by atoms with Crippen LogP contribution in [0.25, 0.3) is 0 Å². The fraction of sp³-hybridized carbons (Fsp3) is 0.500. The minimum absolute atomic E-state index is 0.137. The van der Waals surface area contributed by atoms with Gasteiger partial charge >= 0.3 is 0 Å². The van der Waals surface area contributed by atoms with Gasteiger partial charge in [0.25, 0.3) is 0 Å². The molecule has 0 unspecified atom stereocenters. The third-order valence-corrected chi connectivity index (χ3v) is 3.97. The van der Waals surface area contributed by atoms with Gasteiger partial charge in [-0.05, 0) is 41.9 Å². The van der Waals surface area contributed by atoms with Crippen molar-refractivity contribution in [2.75, 3.05) is 18.5 Å². The lowest BCUT2D eigenvalue weighted by Gasteiger charge is -2.35. The summed E-state index contributed by atoms with van der Waals surface area (Å²) in [6.45, 7) is 5.06. The van der Waals surface area contributed by atoms with Crippen LogP contribution in [0.15, 0.2) is 22.7 Å². The molecule has 1 saturated heterocycles. The summed E-state index contributed by atoms with van der Waals surface area (Å²) in [5.74, 6) is -0.482. The van der Waals surface area contributed by atoms with Crippen molar-refractivity contribution >= 4 is 33.2 Å². The molecule has 1 heterocycles. The first-order valence-electron chi connectivity index (χ1n) is 5.46. The van der Waals surface area contributed by atoms with E-state index in [-0.39, 0.29) is 6.04 Å². The number of rotatable bonds is 2. The zero-order valence-electron chi connectivity index (χ0n) is 9.80. The summed E-state index contributed by atoms with van der Waals surface area (Å²) in [4.78, 5) is 0. The van der Waals surface area contributed by atoms with Crippen LogP contribution in [0.2, 0.25) is 5.02 Å². The number of ether oxygens (including phenoxy) is 2. The number of nitrogens with one attached hydrogen (secondary N) is 1. The summed E-state index contributed by atoms with van der Waals surface area (Å²) in [5, 5.41) is 4.03. The van der Waals surface area contributed by atoms with Crippen LogP contribution in [-0.2, 0) is 9.47 Å². The number of halogens is 2. The molecule has 1 aliphatic heterocycles. The minimum Gasteiger partial charge on any atom is -0.377 e. The van der Waals surface area contributed by atoms with E-state index in [1.807, 2.05) is 32.0 Å². The van der Waals surface area contributed by atoms with Gasteiger partial charge in [-0.15, -0.1) is 0 Å². The molecule has 0 atom stereocenters. The Balaban J connectivity index is 2.00. The largest absolute Gasteiger partial charge is 0.377 e. The Morgan fingerprint density at radius 1 is 1.35 bits per heavy atom. The van der Waals surface area contributed by atoms with Gasteiger partial charge in [-0.3, -0.25) is 0 Å². The van der Waals surface area contributed by atoms with E-state index < -0.39 is 5.79 Å². The van der Waals surface area contributed by atoms with Crippen LogP contribution < -0.4 is 5.32 Å². The molecule has 1 N–H and O–H groups in total. The highest BCUT2D eigenvalue weighted by molar-refractivity contribution is 9.10. The van der Waals surface area contributed by atoms with Crippen LogP contribution in [-0.4, -0.2) is 25.0 Å². The summed E-state index contributed by atoms with van der Waals surface area (Å²) >= 11 is 9.48. The molecular formula is C12H15BrClNO2. The van der Waals surface area contributed by atoms with Crippen molar-refractivity contribution in [2.45, 2.75) is 25.7 Å². The fourth-order valence-corrected chi connectivity index (χ4v) is 2.16. The molecule has 0 aliphatic carbocycles. The summed E-state index contributed by atoms with van der Waals surface area (Å²) in [5.41, 5.74) is 0.953. The molecule has 0 aromatic heterocycles. The first-order valence-corrected chi connectivity index (χ1v) is 6.63. The van der Waals surface area contributed by atoms with Crippen molar-refractivity contribution in [1.82, 2.24) is 0 Å². The average Bonchev–Trinajstić information content (AvgIpc) is 2.27. The number of anilines is 1. The van der Waals surface area contributed by atoms with Crippen molar-refractivity contribution in [3.05, 3.63) is 27.7 Å². The minimum atomic E-state index is -0.482. The van der Waals surface area contributed by atoms with Crippen LogP contribution in [0.1, 0.15) is 13.8 Å². The molecule has 5 heteroatoms. The molecule has 1 fully saturated rings. The van der Waals surface area contributed by atoms with Crippen molar-refractivity contribution in [2.24, 2.45) is 0 Å². The van der Waals surface area contributed by atoms with Gasteiger partial charge in [-0.25, -0.2) is 0 Å². The Morgan fingerprint density at radius 3 is 2.65 bits per heavy atom. The van der Waals surface area contributed by atoms with E-state index in [4.69, 9.17) is 21.1 Å². The van der Waals surface area contributed by atoms with Crippen LogP contribution >= 0.6 is 27.5 Å². The second kappa shape index (κ2) is 5.14. The Morgan fingerprint density at radius 2 is 2.00 bits per heavy atom. The maximum absolute atomic E-state index is 6.03. The SMILES string of the molecule is CC1(C)OCC(Nc2cccc(Cl)c2Br)CO1. The van der Waals surface area contributed by atoms with Gasteiger partial charge in [-0.2, -0.15) is 0 Å². The number of hydrogen-bond acceptors (Lipinski definition) is 3. The molecule has 0 radical (unpaired) electrons. The van der Waals surface area contributed by atoms with Crippen LogP contribution in [0.3, 0.4) is 0 Å². The van der Waals surface area contributed by atoms with Gasteiger partial charge in [0.2, 0.25) is 0 Å². The Labute approximate surface area is 115 Å². The highest BCUT2D eigenvalue weighted by atomic mass is 79.9. The quantitative estimate of drug-likeness (QED) is 0.902. The maximum Gasteiger partial charge on any atom is 0.162 e. The third-order valence-electron chi connectivity index (χ3n) is 2.58. The van der Waals surface area contributed by atoms with Gasteiger partial charge in [-0.1, -0.05) is 17.7 Å². The lowest BCUT2D eigenvalue weighted by Crippen LogP contribution is -2.45. The molecule has 0 amide bonds. The second-order valence-electron chi connectivity index (χ2n) is 4.46. The van der Waals surface area contributed by atoms with E-state index in [0.29, 0.717) is 18.2 Å². The molecule has 2 rings (SSSR count). The Bertz CT molecular complexity index is 401. The summed E-state index contributed by atoms with van der Waals surface area (Å²) in [6.07, 6.45) is 0. The zero-order valence-corrected chi connectivity index (χ0v) is 12.1. The van der Waals surface area contributed by atoms with Crippen LogP contribution in [0, 0.1) is 0 Å².